The minimum Gasteiger partial charge on any atom is -0.296 e. The second-order valence-electron chi connectivity index (χ2n) is 5.69. The average Bonchev–Trinajstić information content (AvgIpc) is 3.12. The lowest BCUT2D eigenvalue weighted by molar-refractivity contribution is 0.0923. The summed E-state index contributed by atoms with van der Waals surface area (Å²) < 4.78 is 0. The van der Waals surface area contributed by atoms with Gasteiger partial charge in [-0.3, -0.25) is 9.91 Å². The molecule has 0 aliphatic carbocycles. The van der Waals surface area contributed by atoms with Crippen LogP contribution in [0.1, 0.15) is 18.2 Å². The Labute approximate surface area is 151 Å². The monoisotopic (exact) mass is 363 g/mol. The van der Waals surface area contributed by atoms with E-state index in [9.17, 15) is 0 Å². The van der Waals surface area contributed by atoms with E-state index in [0.717, 1.165) is 40.4 Å². The van der Waals surface area contributed by atoms with Crippen molar-refractivity contribution in [1.29, 1.82) is 0 Å². The number of halogens is 2. The van der Waals surface area contributed by atoms with Crippen LogP contribution in [0.4, 0.5) is 5.69 Å². The number of hydrogen-bond donors (Lipinski definition) is 0. The van der Waals surface area contributed by atoms with E-state index in [1.165, 1.54) is 5.56 Å². The number of thiocarbonyl (C=S) groups is 1. The van der Waals surface area contributed by atoms with E-state index >= 15 is 0 Å². The maximum absolute atomic E-state index is 6.05. The number of fused-ring (bicyclic) bond motifs is 1. The van der Waals surface area contributed by atoms with Gasteiger partial charge in [0.05, 0.1) is 0 Å². The van der Waals surface area contributed by atoms with Crippen molar-refractivity contribution in [3.63, 3.8) is 0 Å². The molecule has 2 aliphatic heterocycles. The first-order chi connectivity index (χ1) is 11.1. The van der Waals surface area contributed by atoms with Crippen LogP contribution in [0.3, 0.4) is 0 Å². The van der Waals surface area contributed by atoms with Gasteiger partial charge in [-0.25, -0.2) is 0 Å². The van der Waals surface area contributed by atoms with Crippen LogP contribution in [-0.4, -0.2) is 28.2 Å². The zero-order valence-electron chi connectivity index (χ0n) is 12.3. The highest BCUT2D eigenvalue weighted by atomic mass is 35.5. The van der Waals surface area contributed by atoms with Crippen molar-refractivity contribution < 1.29 is 0 Å². The van der Waals surface area contributed by atoms with Gasteiger partial charge in [0, 0.05) is 28.8 Å². The van der Waals surface area contributed by atoms with Crippen molar-refractivity contribution in [2.45, 2.75) is 12.6 Å². The van der Waals surface area contributed by atoms with E-state index in [2.05, 4.69) is 27.1 Å². The second kappa shape index (κ2) is 5.95. The summed E-state index contributed by atoms with van der Waals surface area (Å²) in [7, 11) is 0. The first kappa shape index (κ1) is 15.2. The molecule has 1 atom stereocenters. The minimum atomic E-state index is 0.0587. The van der Waals surface area contributed by atoms with Gasteiger partial charge >= 0.3 is 0 Å². The van der Waals surface area contributed by atoms with Crippen LogP contribution in [0.2, 0.25) is 10.0 Å². The fraction of sp³-hybridized carbons (Fsp3) is 0.235. The van der Waals surface area contributed by atoms with Crippen LogP contribution in [0.25, 0.3) is 0 Å². The Morgan fingerprint density at radius 2 is 1.48 bits per heavy atom. The molecule has 0 spiro atoms. The summed E-state index contributed by atoms with van der Waals surface area (Å²) in [4.78, 5) is 2.19. The highest BCUT2D eigenvalue weighted by Gasteiger charge is 2.45. The Hall–Kier alpha value is -1.33. The number of benzene rings is 2. The Kier molecular flexibility index (Phi) is 3.93. The molecular formula is C17H15Cl2N3S. The first-order valence-corrected chi connectivity index (χ1v) is 8.70. The van der Waals surface area contributed by atoms with Gasteiger partial charge in [0.1, 0.15) is 6.17 Å². The molecule has 2 aliphatic rings. The van der Waals surface area contributed by atoms with Crippen LogP contribution < -0.4 is 4.90 Å². The predicted octanol–water partition coefficient (Wildman–Crippen LogP) is 4.72. The van der Waals surface area contributed by atoms with Crippen LogP contribution in [0, 0.1) is 0 Å². The lowest BCUT2D eigenvalue weighted by atomic mass is 10.1. The smallest absolute Gasteiger partial charge is 0.192 e. The molecule has 2 saturated heterocycles. The molecule has 0 amide bonds. The molecule has 0 N–H and O–H groups in total. The lowest BCUT2D eigenvalue weighted by Gasteiger charge is -2.28. The third-order valence-corrected chi connectivity index (χ3v) is 5.21. The molecule has 0 radical (unpaired) electrons. The number of anilines is 1. The summed E-state index contributed by atoms with van der Waals surface area (Å²) in [6, 6.07) is 15.8. The molecule has 2 aromatic carbocycles. The molecule has 23 heavy (non-hydrogen) atoms. The van der Waals surface area contributed by atoms with Crippen LogP contribution in [0.5, 0.6) is 0 Å². The molecule has 0 unspecified atom stereocenters. The van der Waals surface area contributed by atoms with E-state index in [-0.39, 0.29) is 6.17 Å². The number of hydrazine groups is 1. The SMILES string of the molecule is S=C1N(c2ccc(Cl)cc2)[C@H](c2ccc(Cl)cc2)N2CCCN12. The van der Waals surface area contributed by atoms with E-state index in [1.807, 2.05) is 36.4 Å². The zero-order valence-corrected chi connectivity index (χ0v) is 14.7. The molecule has 4 rings (SSSR count). The largest absolute Gasteiger partial charge is 0.296 e. The van der Waals surface area contributed by atoms with Gasteiger partial charge in [-0.05, 0) is 60.6 Å². The van der Waals surface area contributed by atoms with Gasteiger partial charge < -0.3 is 0 Å². The zero-order chi connectivity index (χ0) is 16.0. The van der Waals surface area contributed by atoms with Gasteiger partial charge in [0.25, 0.3) is 0 Å². The summed E-state index contributed by atoms with van der Waals surface area (Å²) in [6.07, 6.45) is 1.18. The molecule has 3 nitrogen and oxygen atoms in total. The molecule has 6 heteroatoms. The quantitative estimate of drug-likeness (QED) is 0.713. The maximum Gasteiger partial charge on any atom is 0.192 e. The van der Waals surface area contributed by atoms with Crippen molar-refractivity contribution in [2.24, 2.45) is 0 Å². The fourth-order valence-corrected chi connectivity index (χ4v) is 3.92. The normalized spacial score (nSPS) is 21.1. The molecule has 2 fully saturated rings. The summed E-state index contributed by atoms with van der Waals surface area (Å²) in [5, 5.41) is 6.83. The summed E-state index contributed by atoms with van der Waals surface area (Å²) in [5.74, 6) is 0. The molecule has 0 aromatic heterocycles. The molecule has 0 bridgehead atoms. The Balaban J connectivity index is 1.79. The molecule has 2 aromatic rings. The van der Waals surface area contributed by atoms with Crippen LogP contribution in [0.15, 0.2) is 48.5 Å². The Morgan fingerprint density at radius 1 is 0.870 bits per heavy atom. The minimum absolute atomic E-state index is 0.0587. The van der Waals surface area contributed by atoms with Gasteiger partial charge in [-0.1, -0.05) is 35.3 Å². The number of hydrogen-bond acceptors (Lipinski definition) is 2. The lowest BCUT2D eigenvalue weighted by Crippen LogP contribution is -2.32. The third-order valence-electron chi connectivity index (χ3n) is 4.29. The second-order valence-corrected chi connectivity index (χ2v) is 6.93. The highest BCUT2D eigenvalue weighted by molar-refractivity contribution is 7.80. The average molecular weight is 364 g/mol. The van der Waals surface area contributed by atoms with Crippen molar-refractivity contribution >= 4 is 46.2 Å². The van der Waals surface area contributed by atoms with Gasteiger partial charge in [0.15, 0.2) is 5.11 Å². The molecule has 0 saturated carbocycles. The van der Waals surface area contributed by atoms with E-state index in [0.29, 0.717) is 0 Å². The van der Waals surface area contributed by atoms with Crippen molar-refractivity contribution in [3.05, 3.63) is 64.1 Å². The van der Waals surface area contributed by atoms with E-state index in [1.54, 1.807) is 0 Å². The topological polar surface area (TPSA) is 9.72 Å². The number of nitrogens with zero attached hydrogens (tertiary/aromatic N) is 3. The Morgan fingerprint density at radius 3 is 2.13 bits per heavy atom. The van der Waals surface area contributed by atoms with E-state index in [4.69, 9.17) is 35.4 Å². The first-order valence-electron chi connectivity index (χ1n) is 7.53. The molecule has 2 heterocycles. The Bertz CT molecular complexity index is 733. The maximum atomic E-state index is 6.05. The summed E-state index contributed by atoms with van der Waals surface area (Å²) in [6.45, 7) is 1.96. The van der Waals surface area contributed by atoms with E-state index < -0.39 is 0 Å². The predicted molar refractivity (Wildman–Crippen MR) is 98.8 cm³/mol. The molecular weight excluding hydrogens is 349 g/mol. The van der Waals surface area contributed by atoms with Gasteiger partial charge in [-0.2, -0.15) is 5.01 Å². The highest BCUT2D eigenvalue weighted by Crippen LogP contribution is 2.40. The summed E-state index contributed by atoms with van der Waals surface area (Å²) >= 11 is 17.8. The van der Waals surface area contributed by atoms with Crippen LogP contribution >= 0.6 is 35.4 Å². The van der Waals surface area contributed by atoms with Gasteiger partial charge in [0.2, 0.25) is 0 Å². The standard InChI is InChI=1S/C17H15Cl2N3S/c18-13-4-2-12(3-5-13)16-20-10-1-11-21(20)17(23)22(16)15-8-6-14(19)7-9-15/h2-9,16H,1,10-11H2/t16-/m1/s1. The summed E-state index contributed by atoms with van der Waals surface area (Å²) in [5.41, 5.74) is 2.23. The van der Waals surface area contributed by atoms with Crippen LogP contribution in [-0.2, 0) is 0 Å². The van der Waals surface area contributed by atoms with Crippen molar-refractivity contribution in [3.8, 4) is 0 Å². The third kappa shape index (κ3) is 2.60. The van der Waals surface area contributed by atoms with Crippen molar-refractivity contribution in [2.75, 3.05) is 18.0 Å². The molecule has 118 valence electrons. The van der Waals surface area contributed by atoms with Gasteiger partial charge in [-0.15, -0.1) is 0 Å². The van der Waals surface area contributed by atoms with Crippen molar-refractivity contribution in [1.82, 2.24) is 10.0 Å². The number of rotatable bonds is 2. The fourth-order valence-electron chi connectivity index (χ4n) is 3.26.